The van der Waals surface area contributed by atoms with E-state index >= 15 is 0 Å². The molecule has 8 nitrogen and oxygen atoms in total. The van der Waals surface area contributed by atoms with E-state index in [0.717, 1.165) is 0 Å². The van der Waals surface area contributed by atoms with Crippen LogP contribution in [-0.2, 0) is 10.4 Å². The largest absolute Gasteiger partial charge is 3.00 e. The van der Waals surface area contributed by atoms with Crippen molar-refractivity contribution in [3.8, 4) is 0 Å². The van der Waals surface area contributed by atoms with Crippen LogP contribution in [0.25, 0.3) is 0 Å². The molecule has 0 radical (unpaired) electrons. The SMILES string of the molecule is O=S(=O)([O-])[O-].O=[N+]([O-])[O-].[La+3].[La+3]. The molecule has 0 heterocycles. The molecular formula is La2NO7S+3. The van der Waals surface area contributed by atoms with Crippen LogP contribution in [0.3, 0.4) is 0 Å². The Morgan fingerprint density at radius 1 is 1.00 bits per heavy atom. The van der Waals surface area contributed by atoms with E-state index in [-0.39, 0.29) is 71.2 Å². The topological polar surface area (TPSA) is 146 Å². The zero-order valence-electron chi connectivity index (χ0n) is 4.87. The van der Waals surface area contributed by atoms with Crippen LogP contribution in [0.1, 0.15) is 0 Å². The molecule has 0 unspecified atom stereocenters. The summed E-state index contributed by atoms with van der Waals surface area (Å²) in [5, 5.41) is 14.8. The molecule has 0 atom stereocenters. The number of hydrogen-bond acceptors (Lipinski definition) is 7. The summed E-state index contributed by atoms with van der Waals surface area (Å²) in [5.74, 6) is 0. The van der Waals surface area contributed by atoms with Crippen molar-refractivity contribution in [2.45, 2.75) is 0 Å². The predicted octanol–water partition coefficient (Wildman–Crippen LogP) is -1.58. The van der Waals surface area contributed by atoms with Gasteiger partial charge in [-0.2, -0.15) is 0 Å². The number of hydrogen-bond donors (Lipinski definition) is 0. The van der Waals surface area contributed by atoms with Gasteiger partial charge < -0.3 is 24.4 Å². The van der Waals surface area contributed by atoms with E-state index in [0.29, 0.717) is 0 Å². The van der Waals surface area contributed by atoms with Gasteiger partial charge in [0.2, 0.25) is 0 Å². The summed E-state index contributed by atoms with van der Waals surface area (Å²) in [5.41, 5.74) is 0. The second-order valence-corrected chi connectivity index (χ2v) is 1.45. The fourth-order valence-corrected chi connectivity index (χ4v) is 0. The van der Waals surface area contributed by atoms with Gasteiger partial charge in [0.25, 0.3) is 0 Å². The molecule has 0 aromatic heterocycles. The minimum Gasteiger partial charge on any atom is -0.759 e. The van der Waals surface area contributed by atoms with E-state index in [1.165, 1.54) is 0 Å². The number of nitrogens with zero attached hydrogens (tertiary/aromatic N) is 1. The van der Waals surface area contributed by atoms with E-state index in [1.54, 1.807) is 0 Å². The summed E-state index contributed by atoms with van der Waals surface area (Å²) in [6.07, 6.45) is 0. The molecule has 0 saturated heterocycles. The Morgan fingerprint density at radius 2 is 1.00 bits per heavy atom. The molecule has 0 N–H and O–H groups in total. The van der Waals surface area contributed by atoms with Gasteiger partial charge in [-0.15, -0.1) is 0 Å². The van der Waals surface area contributed by atoms with Crippen molar-refractivity contribution >= 4 is 10.4 Å². The van der Waals surface area contributed by atoms with E-state index < -0.39 is 15.5 Å². The maximum atomic E-state index is 8.52. The van der Waals surface area contributed by atoms with Gasteiger partial charge in [0, 0.05) is 10.4 Å². The van der Waals surface area contributed by atoms with E-state index in [9.17, 15) is 0 Å². The molecule has 11 heteroatoms. The van der Waals surface area contributed by atoms with Crippen molar-refractivity contribution in [3.63, 3.8) is 0 Å². The third kappa shape index (κ3) is 481. The van der Waals surface area contributed by atoms with E-state index in [2.05, 4.69) is 0 Å². The Hall–Kier alpha value is 1.46. The Morgan fingerprint density at radius 3 is 1.00 bits per heavy atom. The fourth-order valence-electron chi connectivity index (χ4n) is 0. The predicted molar refractivity (Wildman–Crippen MR) is 20.8 cm³/mol. The van der Waals surface area contributed by atoms with Crippen LogP contribution in [0.4, 0.5) is 0 Å². The summed E-state index contributed by atoms with van der Waals surface area (Å²) < 4.78 is 34.1. The van der Waals surface area contributed by atoms with Crippen molar-refractivity contribution in [1.82, 2.24) is 0 Å². The monoisotopic (exact) mass is 436 g/mol. The molecule has 0 amide bonds. The Kier molecular flexibility index (Phi) is 23.8. The second-order valence-electron chi connectivity index (χ2n) is 0.632. The van der Waals surface area contributed by atoms with Gasteiger partial charge in [0.15, 0.2) is 0 Å². The van der Waals surface area contributed by atoms with Crippen LogP contribution >= 0.6 is 0 Å². The third-order valence-corrected chi connectivity index (χ3v) is 0. The molecule has 0 aromatic carbocycles. The minimum absolute atomic E-state index is 0. The average Bonchev–Trinajstić information content (AvgIpc) is 1.19. The van der Waals surface area contributed by atoms with E-state index in [1.807, 2.05) is 0 Å². The first-order chi connectivity index (χ1) is 3.73. The first-order valence-corrected chi connectivity index (χ1v) is 2.55. The van der Waals surface area contributed by atoms with Gasteiger partial charge in [-0.1, -0.05) is 0 Å². The van der Waals surface area contributed by atoms with Gasteiger partial charge in [-0.05, 0) is 0 Å². The van der Waals surface area contributed by atoms with Crippen LogP contribution in [0.2, 0.25) is 0 Å². The molecule has 0 aliphatic heterocycles. The van der Waals surface area contributed by atoms with Crippen molar-refractivity contribution in [2.24, 2.45) is 0 Å². The molecule has 11 heavy (non-hydrogen) atoms. The third-order valence-electron chi connectivity index (χ3n) is 0. The number of rotatable bonds is 0. The quantitative estimate of drug-likeness (QED) is 0.193. The van der Waals surface area contributed by atoms with Gasteiger partial charge in [-0.3, -0.25) is 8.42 Å². The molecule has 0 fully saturated rings. The van der Waals surface area contributed by atoms with Crippen LogP contribution in [0, 0.1) is 86.5 Å². The molecule has 0 spiro atoms. The summed E-state index contributed by atoms with van der Waals surface area (Å²) >= 11 is 0. The standard InChI is InChI=1S/2La.NO3.H2O4S/c;;2-1(3)4;1-5(2,3)4/h;;;(H2,1,2,3,4)/q2*+3;-1;/p-2. The van der Waals surface area contributed by atoms with Gasteiger partial charge >= 0.3 is 71.2 Å². The average molecular weight is 436 g/mol. The molecule has 56 valence electrons. The second kappa shape index (κ2) is 11.5. The van der Waals surface area contributed by atoms with Crippen molar-refractivity contribution in [2.75, 3.05) is 0 Å². The van der Waals surface area contributed by atoms with Crippen LogP contribution in [0.5, 0.6) is 0 Å². The van der Waals surface area contributed by atoms with Gasteiger partial charge in [-0.25, -0.2) is 0 Å². The smallest absolute Gasteiger partial charge is 0.759 e. The Labute approximate surface area is 118 Å². The van der Waals surface area contributed by atoms with E-state index in [4.69, 9.17) is 32.8 Å². The first-order valence-electron chi connectivity index (χ1n) is 1.21. The molecule has 0 bridgehead atoms. The molecule has 0 aliphatic rings. The molecular weight excluding hydrogens is 436 g/mol. The van der Waals surface area contributed by atoms with Crippen LogP contribution in [-0.4, -0.2) is 22.6 Å². The maximum Gasteiger partial charge on any atom is 3.00 e. The zero-order chi connectivity index (χ0) is 8.08. The normalized spacial score (nSPS) is 7.45. The summed E-state index contributed by atoms with van der Waals surface area (Å²) in [7, 11) is -5.17. The van der Waals surface area contributed by atoms with Crippen LogP contribution < -0.4 is 0 Å². The summed E-state index contributed by atoms with van der Waals surface area (Å²) in [4.78, 5) is 8.25. The Bertz CT molecular complexity index is 159. The molecule has 0 rings (SSSR count). The fraction of sp³-hybridized carbons (Fsp3) is 0. The van der Waals surface area contributed by atoms with Gasteiger partial charge in [0.1, 0.15) is 0 Å². The summed E-state index contributed by atoms with van der Waals surface area (Å²) in [6.45, 7) is 0. The van der Waals surface area contributed by atoms with Crippen molar-refractivity contribution in [1.29, 1.82) is 0 Å². The summed E-state index contributed by atoms with van der Waals surface area (Å²) in [6, 6.07) is 0. The van der Waals surface area contributed by atoms with Crippen molar-refractivity contribution < 1.29 is 93.8 Å². The minimum atomic E-state index is -5.17. The molecule has 0 aliphatic carbocycles. The van der Waals surface area contributed by atoms with Crippen molar-refractivity contribution in [3.05, 3.63) is 15.3 Å². The maximum absolute atomic E-state index is 8.52. The zero-order valence-corrected chi connectivity index (χ0v) is 12.9. The van der Waals surface area contributed by atoms with Gasteiger partial charge in [0.05, 0.1) is 5.09 Å². The Balaban J connectivity index is -0.0000000383. The molecule has 0 saturated carbocycles. The first kappa shape index (κ1) is 22.9. The van der Waals surface area contributed by atoms with Crippen LogP contribution in [0.15, 0.2) is 0 Å². The molecule has 0 aromatic rings.